The maximum Gasteiger partial charge on any atom is 0.0947 e. The number of rotatable bonds is 4. The molecule has 1 aromatic carbocycles. The summed E-state index contributed by atoms with van der Waals surface area (Å²) in [5.41, 5.74) is 5.28. The number of furan rings is 1. The molecule has 0 amide bonds. The first-order valence-electron chi connectivity index (χ1n) is 5.54. The van der Waals surface area contributed by atoms with E-state index < -0.39 is 0 Å². The lowest BCUT2D eigenvalue weighted by Gasteiger charge is -2.09. The molecule has 0 saturated carbocycles. The summed E-state index contributed by atoms with van der Waals surface area (Å²) in [5.74, 6) is 0. The Morgan fingerprint density at radius 2 is 2.00 bits per heavy atom. The number of benzene rings is 1. The molecule has 0 aliphatic rings. The van der Waals surface area contributed by atoms with Crippen LogP contribution >= 0.6 is 0 Å². The maximum atomic E-state index is 5.02. The van der Waals surface area contributed by atoms with Gasteiger partial charge in [-0.1, -0.05) is 18.2 Å². The van der Waals surface area contributed by atoms with Crippen LogP contribution in [0.4, 0.5) is 0 Å². The van der Waals surface area contributed by atoms with Crippen LogP contribution in [0.3, 0.4) is 0 Å². The number of hydrogen-bond donors (Lipinski definition) is 1. The molecule has 1 heterocycles. The van der Waals surface area contributed by atoms with E-state index in [1.165, 1.54) is 22.3 Å². The second-order valence-corrected chi connectivity index (χ2v) is 4.09. The van der Waals surface area contributed by atoms with Crippen molar-refractivity contribution in [2.24, 2.45) is 0 Å². The molecule has 0 radical (unpaired) electrons. The summed E-state index contributed by atoms with van der Waals surface area (Å²) in [5, 5.41) is 3.41. The van der Waals surface area contributed by atoms with Crippen molar-refractivity contribution in [1.82, 2.24) is 5.32 Å². The minimum Gasteiger partial charge on any atom is -0.472 e. The molecule has 0 fully saturated rings. The molecular formula is C14H17NO. The van der Waals surface area contributed by atoms with Gasteiger partial charge in [-0.3, -0.25) is 0 Å². The third-order valence-corrected chi connectivity index (χ3v) is 2.94. The zero-order valence-electron chi connectivity index (χ0n) is 9.79. The van der Waals surface area contributed by atoms with Crippen LogP contribution in [0.2, 0.25) is 0 Å². The Kier molecular flexibility index (Phi) is 3.42. The van der Waals surface area contributed by atoms with E-state index >= 15 is 0 Å². The Morgan fingerprint density at radius 1 is 1.12 bits per heavy atom. The first kappa shape index (κ1) is 11.0. The van der Waals surface area contributed by atoms with Crippen molar-refractivity contribution < 1.29 is 4.42 Å². The Morgan fingerprint density at radius 3 is 2.75 bits per heavy atom. The van der Waals surface area contributed by atoms with E-state index in [1.54, 1.807) is 12.5 Å². The van der Waals surface area contributed by atoms with Crippen molar-refractivity contribution in [3.63, 3.8) is 0 Å². The van der Waals surface area contributed by atoms with Crippen LogP contribution in [0.1, 0.15) is 22.3 Å². The summed E-state index contributed by atoms with van der Waals surface area (Å²) in [6.45, 7) is 6.07. The van der Waals surface area contributed by atoms with Gasteiger partial charge in [0.15, 0.2) is 0 Å². The zero-order valence-corrected chi connectivity index (χ0v) is 9.79. The fourth-order valence-corrected chi connectivity index (χ4v) is 1.74. The summed E-state index contributed by atoms with van der Waals surface area (Å²) in [4.78, 5) is 0. The van der Waals surface area contributed by atoms with Crippen LogP contribution in [-0.2, 0) is 13.1 Å². The van der Waals surface area contributed by atoms with E-state index in [0.717, 1.165) is 13.1 Å². The van der Waals surface area contributed by atoms with E-state index in [9.17, 15) is 0 Å². The van der Waals surface area contributed by atoms with Gasteiger partial charge in [0, 0.05) is 18.7 Å². The van der Waals surface area contributed by atoms with Gasteiger partial charge in [0.1, 0.15) is 0 Å². The molecule has 0 spiro atoms. The molecule has 16 heavy (non-hydrogen) atoms. The van der Waals surface area contributed by atoms with E-state index in [-0.39, 0.29) is 0 Å². The Balaban J connectivity index is 1.92. The number of hydrogen-bond acceptors (Lipinski definition) is 2. The summed E-state index contributed by atoms with van der Waals surface area (Å²) in [7, 11) is 0. The van der Waals surface area contributed by atoms with Crippen molar-refractivity contribution in [1.29, 1.82) is 0 Å². The maximum absolute atomic E-state index is 5.02. The average Bonchev–Trinajstić information content (AvgIpc) is 2.77. The van der Waals surface area contributed by atoms with Gasteiger partial charge in [0.25, 0.3) is 0 Å². The summed E-state index contributed by atoms with van der Waals surface area (Å²) >= 11 is 0. The van der Waals surface area contributed by atoms with Crippen molar-refractivity contribution in [3.8, 4) is 0 Å². The van der Waals surface area contributed by atoms with Gasteiger partial charge in [-0.05, 0) is 36.6 Å². The molecule has 0 bridgehead atoms. The van der Waals surface area contributed by atoms with E-state index in [4.69, 9.17) is 4.42 Å². The van der Waals surface area contributed by atoms with Gasteiger partial charge in [-0.2, -0.15) is 0 Å². The number of aryl methyl sites for hydroxylation is 1. The highest BCUT2D eigenvalue weighted by Gasteiger charge is 2.00. The SMILES string of the molecule is Cc1cccc(CNCc2ccoc2)c1C. The summed E-state index contributed by atoms with van der Waals surface area (Å²) < 4.78 is 5.02. The highest BCUT2D eigenvalue weighted by Crippen LogP contribution is 2.12. The van der Waals surface area contributed by atoms with Crippen molar-refractivity contribution in [2.75, 3.05) is 0 Å². The first-order chi connectivity index (χ1) is 7.77. The molecule has 1 N–H and O–H groups in total. The molecule has 2 rings (SSSR count). The van der Waals surface area contributed by atoms with Crippen LogP contribution < -0.4 is 5.32 Å². The Bertz CT molecular complexity index is 446. The first-order valence-corrected chi connectivity index (χ1v) is 5.54. The van der Waals surface area contributed by atoms with Gasteiger partial charge >= 0.3 is 0 Å². The average molecular weight is 215 g/mol. The van der Waals surface area contributed by atoms with Crippen LogP contribution in [0.15, 0.2) is 41.2 Å². The highest BCUT2D eigenvalue weighted by molar-refractivity contribution is 5.32. The molecule has 2 aromatic rings. The lowest BCUT2D eigenvalue weighted by molar-refractivity contribution is 0.560. The third-order valence-electron chi connectivity index (χ3n) is 2.94. The quantitative estimate of drug-likeness (QED) is 0.847. The second-order valence-electron chi connectivity index (χ2n) is 4.09. The van der Waals surface area contributed by atoms with Crippen LogP contribution in [-0.4, -0.2) is 0 Å². The lowest BCUT2D eigenvalue weighted by Crippen LogP contribution is -2.13. The molecule has 2 nitrogen and oxygen atoms in total. The van der Waals surface area contributed by atoms with Gasteiger partial charge in [0.05, 0.1) is 12.5 Å². The topological polar surface area (TPSA) is 25.2 Å². The van der Waals surface area contributed by atoms with E-state index in [0.29, 0.717) is 0 Å². The molecule has 0 atom stereocenters. The molecule has 0 unspecified atom stereocenters. The molecule has 0 aliphatic carbocycles. The minimum absolute atomic E-state index is 0.851. The fraction of sp³-hybridized carbons (Fsp3) is 0.286. The van der Waals surface area contributed by atoms with Crippen molar-refractivity contribution >= 4 is 0 Å². The van der Waals surface area contributed by atoms with E-state index in [2.05, 4.69) is 37.4 Å². The minimum atomic E-state index is 0.851. The lowest BCUT2D eigenvalue weighted by atomic mass is 10.0. The fourth-order valence-electron chi connectivity index (χ4n) is 1.74. The van der Waals surface area contributed by atoms with Crippen LogP contribution in [0.25, 0.3) is 0 Å². The highest BCUT2D eigenvalue weighted by atomic mass is 16.3. The Labute approximate surface area is 96.3 Å². The molecule has 0 saturated heterocycles. The van der Waals surface area contributed by atoms with Gasteiger partial charge in [-0.25, -0.2) is 0 Å². The zero-order chi connectivity index (χ0) is 11.4. The number of nitrogens with one attached hydrogen (secondary N) is 1. The van der Waals surface area contributed by atoms with E-state index in [1.807, 2.05) is 6.07 Å². The predicted octanol–water partition coefficient (Wildman–Crippen LogP) is 3.19. The molecule has 1 aromatic heterocycles. The summed E-state index contributed by atoms with van der Waals surface area (Å²) in [6.07, 6.45) is 3.48. The molecule has 0 aliphatic heterocycles. The normalized spacial score (nSPS) is 10.6. The largest absolute Gasteiger partial charge is 0.472 e. The van der Waals surface area contributed by atoms with Gasteiger partial charge in [-0.15, -0.1) is 0 Å². The second kappa shape index (κ2) is 4.99. The third kappa shape index (κ3) is 2.52. The molecule has 2 heteroatoms. The standard InChI is InChI=1S/C14H17NO/c1-11-4-3-5-14(12(11)2)9-15-8-13-6-7-16-10-13/h3-7,10,15H,8-9H2,1-2H3. The molecular weight excluding hydrogens is 198 g/mol. The van der Waals surface area contributed by atoms with Gasteiger partial charge < -0.3 is 9.73 Å². The van der Waals surface area contributed by atoms with Gasteiger partial charge in [0.2, 0.25) is 0 Å². The van der Waals surface area contributed by atoms with Crippen molar-refractivity contribution in [3.05, 3.63) is 59.0 Å². The predicted molar refractivity (Wildman–Crippen MR) is 65.2 cm³/mol. The van der Waals surface area contributed by atoms with Crippen LogP contribution in [0, 0.1) is 13.8 Å². The molecule has 84 valence electrons. The summed E-state index contributed by atoms with van der Waals surface area (Å²) in [6, 6.07) is 8.41. The smallest absolute Gasteiger partial charge is 0.0947 e. The monoisotopic (exact) mass is 215 g/mol. The van der Waals surface area contributed by atoms with Crippen molar-refractivity contribution in [2.45, 2.75) is 26.9 Å². The Hall–Kier alpha value is -1.54. The van der Waals surface area contributed by atoms with Crippen LogP contribution in [0.5, 0.6) is 0 Å².